The van der Waals surface area contributed by atoms with Crippen molar-refractivity contribution in [2.24, 2.45) is 0 Å². The lowest BCUT2D eigenvalue weighted by Crippen LogP contribution is -2.05. The van der Waals surface area contributed by atoms with Gasteiger partial charge in [-0.15, -0.1) is 0 Å². The maximum absolute atomic E-state index is 13.3. The first-order valence-electron chi connectivity index (χ1n) is 3.79. The first-order chi connectivity index (χ1) is 7.47. The molecule has 0 unspecified atom stereocenters. The first-order valence-corrected chi connectivity index (χ1v) is 3.79. The van der Waals surface area contributed by atoms with Crippen LogP contribution >= 0.6 is 0 Å². The van der Waals surface area contributed by atoms with Crippen molar-refractivity contribution >= 4 is 5.69 Å². The summed E-state index contributed by atoms with van der Waals surface area (Å²) in [6.07, 6.45) is 0. The lowest BCUT2D eigenvalue weighted by atomic mass is 10.2. The van der Waals surface area contributed by atoms with E-state index in [4.69, 9.17) is 5.26 Å². The van der Waals surface area contributed by atoms with Crippen molar-refractivity contribution in [3.63, 3.8) is 0 Å². The van der Waals surface area contributed by atoms with Gasteiger partial charge in [0.25, 0.3) is 5.69 Å². The predicted molar refractivity (Wildman–Crippen MR) is 44.4 cm³/mol. The van der Waals surface area contributed by atoms with Crippen molar-refractivity contribution in [3.05, 3.63) is 33.6 Å². The first kappa shape index (κ1) is 11.8. The zero-order valence-corrected chi connectivity index (χ0v) is 7.49. The van der Waals surface area contributed by atoms with E-state index in [0.717, 1.165) is 6.07 Å². The number of alkyl halides is 2. The highest BCUT2D eigenvalue weighted by atomic mass is 19.3. The summed E-state index contributed by atoms with van der Waals surface area (Å²) in [6.45, 7) is -3.28. The number of nitriles is 1. The Morgan fingerprint density at radius 3 is 2.56 bits per heavy atom. The largest absolute Gasteiger partial charge is 0.432 e. The minimum absolute atomic E-state index is 0.667. The number of ether oxygens (including phenoxy) is 1. The molecule has 1 rings (SSSR count). The van der Waals surface area contributed by atoms with Crippen LogP contribution in [0.4, 0.5) is 18.9 Å². The summed E-state index contributed by atoms with van der Waals surface area (Å²) < 4.78 is 40.6. The van der Waals surface area contributed by atoms with E-state index in [2.05, 4.69) is 4.74 Å². The van der Waals surface area contributed by atoms with Crippen LogP contribution in [0, 0.1) is 27.3 Å². The molecule has 0 aliphatic heterocycles. The Morgan fingerprint density at radius 1 is 1.50 bits per heavy atom. The average molecular weight is 232 g/mol. The zero-order valence-electron chi connectivity index (χ0n) is 7.49. The van der Waals surface area contributed by atoms with Crippen LogP contribution in [0.3, 0.4) is 0 Å². The molecule has 0 amide bonds. The summed E-state index contributed by atoms with van der Waals surface area (Å²) >= 11 is 0. The Kier molecular flexibility index (Phi) is 3.30. The third-order valence-corrected chi connectivity index (χ3v) is 1.61. The molecule has 0 fully saturated rings. The van der Waals surface area contributed by atoms with Crippen LogP contribution in [-0.2, 0) is 0 Å². The van der Waals surface area contributed by atoms with Crippen molar-refractivity contribution in [1.29, 1.82) is 5.26 Å². The SMILES string of the molecule is N#Cc1c([N+](=O)[O-])ccc(OC(F)F)c1F. The number of nitro groups is 1. The van der Waals surface area contributed by atoms with Gasteiger partial charge in [0, 0.05) is 6.07 Å². The number of rotatable bonds is 3. The van der Waals surface area contributed by atoms with Gasteiger partial charge in [-0.1, -0.05) is 0 Å². The van der Waals surface area contributed by atoms with Crippen molar-refractivity contribution in [1.82, 2.24) is 0 Å². The van der Waals surface area contributed by atoms with E-state index in [0.29, 0.717) is 6.07 Å². The Bertz CT molecular complexity index is 470. The standard InChI is InChI=1S/C8H3F3N2O3/c9-7-4(3-12)5(13(14)15)1-2-6(7)16-8(10)11/h1-2,8H. The highest BCUT2D eigenvalue weighted by molar-refractivity contribution is 5.53. The third kappa shape index (κ3) is 2.20. The molecule has 0 atom stereocenters. The van der Waals surface area contributed by atoms with Gasteiger partial charge in [0.05, 0.1) is 4.92 Å². The molecule has 8 heteroatoms. The fourth-order valence-corrected chi connectivity index (χ4v) is 0.992. The molecule has 0 aromatic heterocycles. The van der Waals surface area contributed by atoms with Crippen molar-refractivity contribution in [2.45, 2.75) is 6.61 Å². The Morgan fingerprint density at radius 2 is 2.12 bits per heavy atom. The second-order valence-corrected chi connectivity index (χ2v) is 2.52. The molecule has 5 nitrogen and oxygen atoms in total. The van der Waals surface area contributed by atoms with Gasteiger partial charge in [0.1, 0.15) is 6.07 Å². The summed E-state index contributed by atoms with van der Waals surface area (Å²) in [5.74, 6) is -2.38. The minimum atomic E-state index is -3.28. The quantitative estimate of drug-likeness (QED) is 0.591. The van der Waals surface area contributed by atoms with Crippen LogP contribution in [-0.4, -0.2) is 11.5 Å². The lowest BCUT2D eigenvalue weighted by Gasteiger charge is -2.06. The molecule has 1 aromatic rings. The molecule has 0 saturated carbocycles. The molecule has 0 aliphatic rings. The van der Waals surface area contributed by atoms with Gasteiger partial charge in [-0.25, -0.2) is 4.39 Å². The van der Waals surface area contributed by atoms with Crippen molar-refractivity contribution in [3.8, 4) is 11.8 Å². The molecule has 0 radical (unpaired) electrons. The van der Waals surface area contributed by atoms with Crippen LogP contribution in [0.15, 0.2) is 12.1 Å². The minimum Gasteiger partial charge on any atom is -0.432 e. The molecule has 1 aromatic carbocycles. The number of hydrogen-bond acceptors (Lipinski definition) is 4. The predicted octanol–water partition coefficient (Wildman–Crippen LogP) is 2.21. The van der Waals surface area contributed by atoms with Gasteiger partial charge in [0.15, 0.2) is 17.1 Å². The number of nitrogens with zero attached hydrogens (tertiary/aromatic N) is 2. The number of nitro benzene ring substituents is 1. The van der Waals surface area contributed by atoms with E-state index in [9.17, 15) is 23.3 Å². The van der Waals surface area contributed by atoms with Gasteiger partial charge in [-0.2, -0.15) is 14.0 Å². The molecule has 0 bridgehead atoms. The topological polar surface area (TPSA) is 76.2 Å². The van der Waals surface area contributed by atoms with Crippen molar-refractivity contribution < 1.29 is 22.8 Å². The highest BCUT2D eigenvalue weighted by Gasteiger charge is 2.23. The van der Waals surface area contributed by atoms with Crippen LogP contribution in [0.25, 0.3) is 0 Å². The molecule has 0 spiro atoms. The molecule has 84 valence electrons. The van der Waals surface area contributed by atoms with E-state index < -0.39 is 34.4 Å². The smallest absolute Gasteiger partial charge is 0.387 e. The fraction of sp³-hybridized carbons (Fsp3) is 0.125. The molecular formula is C8H3F3N2O3. The molecule has 16 heavy (non-hydrogen) atoms. The summed E-state index contributed by atoms with van der Waals surface area (Å²) in [6, 6.07) is 2.61. The third-order valence-electron chi connectivity index (χ3n) is 1.61. The van der Waals surface area contributed by atoms with Gasteiger partial charge >= 0.3 is 6.61 Å². The van der Waals surface area contributed by atoms with Gasteiger partial charge in [0.2, 0.25) is 0 Å². The van der Waals surface area contributed by atoms with Crippen LogP contribution < -0.4 is 4.74 Å². The van der Waals surface area contributed by atoms with Crippen molar-refractivity contribution in [2.75, 3.05) is 0 Å². The van der Waals surface area contributed by atoms with Gasteiger partial charge in [-0.05, 0) is 6.07 Å². The van der Waals surface area contributed by atoms with E-state index in [1.165, 1.54) is 6.07 Å². The Labute approximate surface area is 86.8 Å². The molecule has 0 heterocycles. The number of halogens is 3. The summed E-state index contributed by atoms with van der Waals surface area (Å²) in [7, 11) is 0. The second-order valence-electron chi connectivity index (χ2n) is 2.52. The normalized spacial score (nSPS) is 9.94. The summed E-state index contributed by atoms with van der Waals surface area (Å²) in [5, 5.41) is 18.8. The average Bonchev–Trinajstić information content (AvgIpc) is 2.19. The number of hydrogen-bond donors (Lipinski definition) is 0. The zero-order chi connectivity index (χ0) is 12.3. The second kappa shape index (κ2) is 4.48. The van der Waals surface area contributed by atoms with Crippen LogP contribution in [0.1, 0.15) is 5.56 Å². The van der Waals surface area contributed by atoms with E-state index in [1.54, 1.807) is 0 Å². The van der Waals surface area contributed by atoms with E-state index >= 15 is 0 Å². The van der Waals surface area contributed by atoms with Gasteiger partial charge < -0.3 is 4.74 Å². The van der Waals surface area contributed by atoms with E-state index in [-0.39, 0.29) is 0 Å². The molecule has 0 N–H and O–H groups in total. The van der Waals surface area contributed by atoms with E-state index in [1.807, 2.05) is 0 Å². The van der Waals surface area contributed by atoms with Crippen LogP contribution in [0.5, 0.6) is 5.75 Å². The van der Waals surface area contributed by atoms with Crippen LogP contribution in [0.2, 0.25) is 0 Å². The number of benzene rings is 1. The summed E-state index contributed by atoms with van der Waals surface area (Å²) in [4.78, 5) is 9.37. The Hall–Kier alpha value is -2.30. The molecule has 0 aliphatic carbocycles. The lowest BCUT2D eigenvalue weighted by molar-refractivity contribution is -0.385. The molecular weight excluding hydrogens is 229 g/mol. The Balaban J connectivity index is 3.30. The highest BCUT2D eigenvalue weighted by Crippen LogP contribution is 2.29. The fourth-order valence-electron chi connectivity index (χ4n) is 0.992. The maximum Gasteiger partial charge on any atom is 0.387 e. The molecule has 0 saturated heterocycles. The maximum atomic E-state index is 13.3. The summed E-state index contributed by atoms with van der Waals surface area (Å²) in [5.41, 5.74) is -1.75. The monoisotopic (exact) mass is 232 g/mol. The van der Waals surface area contributed by atoms with Gasteiger partial charge in [-0.3, -0.25) is 10.1 Å².